The Bertz CT molecular complexity index is 385. The first-order chi connectivity index (χ1) is 8.69. The molecular weight excluding hydrogens is 234 g/mol. The number of nitrogens with zero attached hydrogens (tertiary/aromatic N) is 1. The lowest BCUT2D eigenvalue weighted by atomic mass is 10.1. The standard InChI is InChI=1S/C12H17N3O3/c1-2-18-12(17)9(7-13)8-15-10-5-3-4-6-14-11(10)16/h8,10,15H,2-6H2,1H3,(H,14,16)/b9-8+/t10-/m0/s1. The Morgan fingerprint density at radius 1 is 1.67 bits per heavy atom. The Hall–Kier alpha value is -2.03. The molecule has 1 fully saturated rings. The number of hydrogen-bond donors (Lipinski definition) is 2. The number of ether oxygens (including phenoxy) is 1. The van der Waals surface area contributed by atoms with Gasteiger partial charge in [-0.15, -0.1) is 0 Å². The van der Waals surface area contributed by atoms with E-state index in [4.69, 9.17) is 10.00 Å². The minimum Gasteiger partial charge on any atom is -0.462 e. The summed E-state index contributed by atoms with van der Waals surface area (Å²) >= 11 is 0. The second-order valence-electron chi connectivity index (χ2n) is 3.90. The van der Waals surface area contributed by atoms with Crippen molar-refractivity contribution in [2.24, 2.45) is 0 Å². The molecule has 1 atom stereocenters. The molecule has 0 spiro atoms. The van der Waals surface area contributed by atoms with E-state index in [2.05, 4.69) is 10.6 Å². The first-order valence-electron chi connectivity index (χ1n) is 6.00. The van der Waals surface area contributed by atoms with Gasteiger partial charge in [-0.3, -0.25) is 4.79 Å². The Balaban J connectivity index is 2.62. The van der Waals surface area contributed by atoms with Crippen LogP contribution in [-0.2, 0) is 14.3 Å². The SMILES string of the molecule is CCOC(=O)/C(C#N)=C/N[C@H]1CCCCNC1=O. The van der Waals surface area contributed by atoms with Crippen LogP contribution in [0, 0.1) is 11.3 Å². The van der Waals surface area contributed by atoms with E-state index >= 15 is 0 Å². The van der Waals surface area contributed by atoms with Gasteiger partial charge in [0.2, 0.25) is 5.91 Å². The van der Waals surface area contributed by atoms with E-state index in [-0.39, 0.29) is 18.1 Å². The zero-order valence-corrected chi connectivity index (χ0v) is 10.4. The fourth-order valence-electron chi connectivity index (χ4n) is 1.63. The van der Waals surface area contributed by atoms with Crippen LogP contribution in [0.5, 0.6) is 0 Å². The number of esters is 1. The van der Waals surface area contributed by atoms with E-state index < -0.39 is 12.0 Å². The molecule has 98 valence electrons. The van der Waals surface area contributed by atoms with Crippen molar-refractivity contribution >= 4 is 11.9 Å². The van der Waals surface area contributed by atoms with E-state index in [1.165, 1.54) is 6.20 Å². The van der Waals surface area contributed by atoms with Crippen LogP contribution in [0.25, 0.3) is 0 Å². The highest BCUT2D eigenvalue weighted by Crippen LogP contribution is 2.06. The van der Waals surface area contributed by atoms with E-state index in [1.807, 2.05) is 0 Å². The van der Waals surface area contributed by atoms with Gasteiger partial charge in [0.1, 0.15) is 12.1 Å². The second kappa shape index (κ2) is 7.33. The Kier molecular flexibility index (Phi) is 5.71. The molecule has 0 aromatic rings. The molecule has 6 nitrogen and oxygen atoms in total. The zero-order chi connectivity index (χ0) is 13.4. The summed E-state index contributed by atoms with van der Waals surface area (Å²) in [5.41, 5.74) is -0.131. The molecular formula is C12H17N3O3. The molecule has 1 aliphatic heterocycles. The summed E-state index contributed by atoms with van der Waals surface area (Å²) in [6.45, 7) is 2.55. The summed E-state index contributed by atoms with van der Waals surface area (Å²) in [4.78, 5) is 23.0. The molecule has 1 saturated heterocycles. The lowest BCUT2D eigenvalue weighted by Crippen LogP contribution is -2.40. The normalized spacial score (nSPS) is 20.3. The van der Waals surface area contributed by atoms with Crippen LogP contribution in [0.1, 0.15) is 26.2 Å². The third-order valence-electron chi connectivity index (χ3n) is 2.58. The minimum atomic E-state index is -0.679. The van der Waals surface area contributed by atoms with Gasteiger partial charge in [0, 0.05) is 12.7 Å². The molecule has 0 saturated carbocycles. The Labute approximate surface area is 106 Å². The average Bonchev–Trinajstić information content (AvgIpc) is 2.56. The van der Waals surface area contributed by atoms with Crippen molar-refractivity contribution < 1.29 is 14.3 Å². The van der Waals surface area contributed by atoms with Crippen molar-refractivity contribution in [1.82, 2.24) is 10.6 Å². The summed E-state index contributed by atoms with van der Waals surface area (Å²) in [5, 5.41) is 14.4. The zero-order valence-electron chi connectivity index (χ0n) is 10.4. The van der Waals surface area contributed by atoms with Gasteiger partial charge in [0.25, 0.3) is 0 Å². The fourth-order valence-corrected chi connectivity index (χ4v) is 1.63. The third kappa shape index (κ3) is 4.09. The van der Waals surface area contributed by atoms with E-state index in [0.29, 0.717) is 13.0 Å². The largest absolute Gasteiger partial charge is 0.462 e. The van der Waals surface area contributed by atoms with Crippen LogP contribution in [0.3, 0.4) is 0 Å². The molecule has 0 aromatic carbocycles. The highest BCUT2D eigenvalue weighted by Gasteiger charge is 2.20. The van der Waals surface area contributed by atoms with Gasteiger partial charge in [-0.25, -0.2) is 4.79 Å². The van der Waals surface area contributed by atoms with Gasteiger partial charge >= 0.3 is 5.97 Å². The van der Waals surface area contributed by atoms with Crippen molar-refractivity contribution in [3.63, 3.8) is 0 Å². The van der Waals surface area contributed by atoms with Crippen molar-refractivity contribution in [2.75, 3.05) is 13.2 Å². The average molecular weight is 251 g/mol. The molecule has 1 aliphatic rings. The van der Waals surface area contributed by atoms with E-state index in [0.717, 1.165) is 12.8 Å². The van der Waals surface area contributed by atoms with Crippen LogP contribution < -0.4 is 10.6 Å². The van der Waals surface area contributed by atoms with Crippen LogP contribution in [0.2, 0.25) is 0 Å². The maximum Gasteiger partial charge on any atom is 0.350 e. The third-order valence-corrected chi connectivity index (χ3v) is 2.58. The molecule has 1 heterocycles. The van der Waals surface area contributed by atoms with Crippen LogP contribution >= 0.6 is 0 Å². The molecule has 18 heavy (non-hydrogen) atoms. The maximum absolute atomic E-state index is 11.6. The molecule has 1 amide bonds. The Morgan fingerprint density at radius 2 is 2.44 bits per heavy atom. The Morgan fingerprint density at radius 3 is 3.11 bits per heavy atom. The summed E-state index contributed by atoms with van der Waals surface area (Å²) in [6, 6.07) is 1.35. The van der Waals surface area contributed by atoms with Gasteiger partial charge in [-0.1, -0.05) is 0 Å². The van der Waals surface area contributed by atoms with E-state index in [1.54, 1.807) is 13.0 Å². The highest BCUT2D eigenvalue weighted by molar-refractivity contribution is 5.92. The van der Waals surface area contributed by atoms with Gasteiger partial charge in [0.15, 0.2) is 5.57 Å². The molecule has 6 heteroatoms. The number of carbonyl (C=O) groups excluding carboxylic acids is 2. The van der Waals surface area contributed by atoms with Crippen LogP contribution in [0.15, 0.2) is 11.8 Å². The maximum atomic E-state index is 11.6. The van der Waals surface area contributed by atoms with Gasteiger partial charge in [0.05, 0.1) is 6.61 Å². The fraction of sp³-hybridized carbons (Fsp3) is 0.583. The summed E-state index contributed by atoms with van der Waals surface area (Å²) in [7, 11) is 0. The molecule has 0 bridgehead atoms. The molecule has 1 rings (SSSR count). The second-order valence-corrected chi connectivity index (χ2v) is 3.90. The number of nitriles is 1. The monoisotopic (exact) mass is 251 g/mol. The lowest BCUT2D eigenvalue weighted by molar-refractivity contribution is -0.138. The van der Waals surface area contributed by atoms with Gasteiger partial charge in [-0.05, 0) is 26.2 Å². The van der Waals surface area contributed by atoms with Crippen molar-refractivity contribution in [2.45, 2.75) is 32.2 Å². The number of hydrogen-bond acceptors (Lipinski definition) is 5. The molecule has 2 N–H and O–H groups in total. The van der Waals surface area contributed by atoms with Gasteiger partial charge in [-0.2, -0.15) is 5.26 Å². The van der Waals surface area contributed by atoms with Crippen LogP contribution in [0.4, 0.5) is 0 Å². The molecule has 0 radical (unpaired) electrons. The van der Waals surface area contributed by atoms with Crippen molar-refractivity contribution in [3.05, 3.63) is 11.8 Å². The lowest BCUT2D eigenvalue weighted by Gasteiger charge is -2.13. The first kappa shape index (κ1) is 14.0. The topological polar surface area (TPSA) is 91.2 Å². The van der Waals surface area contributed by atoms with Crippen LogP contribution in [-0.4, -0.2) is 31.1 Å². The quantitative estimate of drug-likeness (QED) is 0.423. The predicted molar refractivity (Wildman–Crippen MR) is 64.1 cm³/mol. The predicted octanol–water partition coefficient (Wildman–Crippen LogP) is 0.215. The first-order valence-corrected chi connectivity index (χ1v) is 6.00. The number of rotatable bonds is 4. The number of nitrogens with one attached hydrogen (secondary N) is 2. The summed E-state index contributed by atoms with van der Waals surface area (Å²) in [6.07, 6.45) is 3.81. The highest BCUT2D eigenvalue weighted by atomic mass is 16.5. The minimum absolute atomic E-state index is 0.107. The smallest absolute Gasteiger partial charge is 0.350 e. The van der Waals surface area contributed by atoms with Gasteiger partial charge < -0.3 is 15.4 Å². The summed E-state index contributed by atoms with van der Waals surface area (Å²) < 4.78 is 4.72. The number of carbonyl (C=O) groups is 2. The number of amides is 1. The molecule has 0 aliphatic carbocycles. The van der Waals surface area contributed by atoms with Crippen molar-refractivity contribution in [1.29, 1.82) is 5.26 Å². The molecule has 0 aromatic heterocycles. The molecule has 0 unspecified atom stereocenters. The van der Waals surface area contributed by atoms with E-state index in [9.17, 15) is 9.59 Å². The van der Waals surface area contributed by atoms with Crippen molar-refractivity contribution in [3.8, 4) is 6.07 Å². The summed E-state index contributed by atoms with van der Waals surface area (Å²) in [5.74, 6) is -0.786.